The summed E-state index contributed by atoms with van der Waals surface area (Å²) in [6, 6.07) is 15.3. The second kappa shape index (κ2) is 9.71. The van der Waals surface area contributed by atoms with Gasteiger partial charge in [-0.1, -0.05) is 40.9 Å². The van der Waals surface area contributed by atoms with E-state index >= 15 is 0 Å². The van der Waals surface area contributed by atoms with Crippen molar-refractivity contribution in [3.63, 3.8) is 0 Å². The number of amides is 1. The van der Waals surface area contributed by atoms with E-state index in [-0.39, 0.29) is 17.9 Å². The molecule has 0 saturated heterocycles. The summed E-state index contributed by atoms with van der Waals surface area (Å²) in [5.74, 6) is -0.715. The first kappa shape index (κ1) is 21.8. The van der Waals surface area contributed by atoms with Crippen molar-refractivity contribution >= 4 is 52.4 Å². The maximum atomic E-state index is 12.2. The fourth-order valence-electron chi connectivity index (χ4n) is 2.43. The van der Waals surface area contributed by atoms with Gasteiger partial charge < -0.3 is 19.9 Å². The lowest BCUT2D eigenvalue weighted by Crippen LogP contribution is -2.20. The van der Waals surface area contributed by atoms with E-state index in [1.54, 1.807) is 30.3 Å². The standard InChI is InChI=1S/C21H14Cl3NO5/c22-13-4-6-17(16(24)9-13)30-18-7-5-14(23)10-19(18)29-11-20(26)25-15-3-1-2-12(8-15)21(27)28/h1-10H,11H2,(H,25,26)(H,27,28). The zero-order valence-electron chi connectivity index (χ0n) is 15.2. The number of halogens is 3. The van der Waals surface area contributed by atoms with Crippen LogP contribution in [-0.4, -0.2) is 23.6 Å². The van der Waals surface area contributed by atoms with E-state index in [0.29, 0.717) is 32.3 Å². The van der Waals surface area contributed by atoms with Crippen LogP contribution in [0, 0.1) is 0 Å². The number of anilines is 1. The normalized spacial score (nSPS) is 10.4. The largest absolute Gasteiger partial charge is 0.480 e. The van der Waals surface area contributed by atoms with Crippen LogP contribution in [0.25, 0.3) is 0 Å². The predicted molar refractivity (Wildman–Crippen MR) is 116 cm³/mol. The summed E-state index contributed by atoms with van der Waals surface area (Å²) in [4.78, 5) is 23.3. The van der Waals surface area contributed by atoms with Crippen molar-refractivity contribution in [2.45, 2.75) is 0 Å². The third kappa shape index (κ3) is 5.79. The lowest BCUT2D eigenvalue weighted by atomic mass is 10.2. The number of nitrogens with one attached hydrogen (secondary N) is 1. The maximum Gasteiger partial charge on any atom is 0.335 e. The van der Waals surface area contributed by atoms with E-state index in [4.69, 9.17) is 49.4 Å². The number of carboxylic acids is 1. The highest BCUT2D eigenvalue weighted by molar-refractivity contribution is 6.35. The molecule has 6 nitrogen and oxygen atoms in total. The third-order valence-electron chi connectivity index (χ3n) is 3.77. The predicted octanol–water partition coefficient (Wildman–Crippen LogP) is 6.15. The molecule has 0 aliphatic rings. The molecule has 3 aromatic rings. The SMILES string of the molecule is O=C(COc1cc(Cl)ccc1Oc1ccc(Cl)cc1Cl)Nc1cccc(C(=O)O)c1. The van der Waals surface area contributed by atoms with Crippen LogP contribution in [0.5, 0.6) is 17.2 Å². The molecular weight excluding hydrogens is 453 g/mol. The molecule has 0 atom stereocenters. The van der Waals surface area contributed by atoms with Gasteiger partial charge in [0.25, 0.3) is 5.91 Å². The maximum absolute atomic E-state index is 12.2. The molecule has 154 valence electrons. The molecule has 0 aliphatic heterocycles. The lowest BCUT2D eigenvalue weighted by molar-refractivity contribution is -0.118. The summed E-state index contributed by atoms with van der Waals surface area (Å²) in [6.07, 6.45) is 0. The number of benzene rings is 3. The molecule has 0 bridgehead atoms. The minimum atomic E-state index is -1.09. The molecule has 0 aromatic heterocycles. The fourth-order valence-corrected chi connectivity index (χ4v) is 3.03. The van der Waals surface area contributed by atoms with E-state index < -0.39 is 11.9 Å². The minimum Gasteiger partial charge on any atom is -0.480 e. The number of ether oxygens (including phenoxy) is 2. The molecule has 0 fully saturated rings. The van der Waals surface area contributed by atoms with Gasteiger partial charge in [0.1, 0.15) is 5.75 Å². The van der Waals surface area contributed by atoms with Crippen LogP contribution in [0.15, 0.2) is 60.7 Å². The molecule has 3 aromatic carbocycles. The van der Waals surface area contributed by atoms with Crippen LogP contribution < -0.4 is 14.8 Å². The number of hydrogen-bond acceptors (Lipinski definition) is 4. The Morgan fingerprint density at radius 1 is 0.867 bits per heavy atom. The minimum absolute atomic E-state index is 0.0547. The van der Waals surface area contributed by atoms with E-state index in [9.17, 15) is 9.59 Å². The summed E-state index contributed by atoms with van der Waals surface area (Å²) >= 11 is 18.1. The van der Waals surface area contributed by atoms with Gasteiger partial charge >= 0.3 is 5.97 Å². The Morgan fingerprint density at radius 3 is 2.27 bits per heavy atom. The zero-order chi connectivity index (χ0) is 21.7. The third-order valence-corrected chi connectivity index (χ3v) is 4.54. The van der Waals surface area contributed by atoms with Crippen LogP contribution in [0.2, 0.25) is 15.1 Å². The van der Waals surface area contributed by atoms with Gasteiger partial charge in [0.15, 0.2) is 18.1 Å². The van der Waals surface area contributed by atoms with Crippen LogP contribution in [0.1, 0.15) is 10.4 Å². The van der Waals surface area contributed by atoms with E-state index in [2.05, 4.69) is 5.32 Å². The molecule has 0 aliphatic carbocycles. The topological polar surface area (TPSA) is 84.9 Å². The number of carbonyl (C=O) groups is 2. The van der Waals surface area contributed by atoms with Crippen LogP contribution in [-0.2, 0) is 4.79 Å². The Labute approximate surface area is 186 Å². The zero-order valence-corrected chi connectivity index (χ0v) is 17.5. The molecule has 0 radical (unpaired) electrons. The van der Waals surface area contributed by atoms with Gasteiger partial charge in [0.05, 0.1) is 10.6 Å². The summed E-state index contributed by atoms with van der Waals surface area (Å²) in [5.41, 5.74) is 0.387. The monoisotopic (exact) mass is 465 g/mol. The Kier molecular flexibility index (Phi) is 7.05. The van der Waals surface area contributed by atoms with Crippen molar-refractivity contribution in [3.05, 3.63) is 81.3 Å². The van der Waals surface area contributed by atoms with Crippen molar-refractivity contribution in [3.8, 4) is 17.2 Å². The van der Waals surface area contributed by atoms with E-state index in [0.717, 1.165) is 0 Å². The Morgan fingerprint density at radius 2 is 1.57 bits per heavy atom. The van der Waals surface area contributed by atoms with Gasteiger partial charge in [-0.05, 0) is 48.5 Å². The van der Waals surface area contributed by atoms with Gasteiger partial charge in [-0.3, -0.25) is 4.79 Å². The summed E-state index contributed by atoms with van der Waals surface area (Å²) < 4.78 is 11.3. The first-order chi connectivity index (χ1) is 14.3. The second-order valence-corrected chi connectivity index (χ2v) is 7.27. The van der Waals surface area contributed by atoms with Gasteiger partial charge in [-0.15, -0.1) is 0 Å². The molecule has 0 spiro atoms. The number of rotatable bonds is 7. The van der Waals surface area contributed by atoms with Crippen molar-refractivity contribution in [2.75, 3.05) is 11.9 Å². The van der Waals surface area contributed by atoms with E-state index in [1.807, 2.05) is 0 Å². The molecule has 0 unspecified atom stereocenters. The summed E-state index contributed by atoms with van der Waals surface area (Å²) in [7, 11) is 0. The van der Waals surface area contributed by atoms with Crippen LogP contribution in [0.4, 0.5) is 5.69 Å². The van der Waals surface area contributed by atoms with Crippen molar-refractivity contribution in [1.29, 1.82) is 0 Å². The molecule has 0 saturated carbocycles. The number of carbonyl (C=O) groups excluding carboxylic acids is 1. The Hall–Kier alpha value is -2.93. The van der Waals surface area contributed by atoms with Crippen molar-refractivity contribution in [1.82, 2.24) is 0 Å². The average Bonchev–Trinajstić information content (AvgIpc) is 2.70. The second-order valence-electron chi connectivity index (χ2n) is 5.99. The van der Waals surface area contributed by atoms with E-state index in [1.165, 1.54) is 30.3 Å². The van der Waals surface area contributed by atoms with Gasteiger partial charge in [0, 0.05) is 21.8 Å². The first-order valence-corrected chi connectivity index (χ1v) is 9.63. The molecule has 9 heteroatoms. The summed E-state index contributed by atoms with van der Waals surface area (Å²) in [5, 5.41) is 12.7. The van der Waals surface area contributed by atoms with Crippen LogP contribution in [0.3, 0.4) is 0 Å². The average molecular weight is 467 g/mol. The summed E-state index contributed by atoms with van der Waals surface area (Å²) in [6.45, 7) is -0.359. The smallest absolute Gasteiger partial charge is 0.335 e. The fraction of sp³-hybridized carbons (Fsp3) is 0.0476. The number of hydrogen-bond donors (Lipinski definition) is 2. The lowest BCUT2D eigenvalue weighted by Gasteiger charge is -2.14. The highest BCUT2D eigenvalue weighted by atomic mass is 35.5. The molecule has 2 N–H and O–H groups in total. The van der Waals surface area contributed by atoms with Crippen LogP contribution >= 0.6 is 34.8 Å². The van der Waals surface area contributed by atoms with Gasteiger partial charge in [0.2, 0.25) is 0 Å². The molecule has 1 amide bonds. The first-order valence-electron chi connectivity index (χ1n) is 8.50. The number of carboxylic acid groups (broad SMARTS) is 1. The highest BCUT2D eigenvalue weighted by Crippen LogP contribution is 2.37. The quantitative estimate of drug-likeness (QED) is 0.436. The van der Waals surface area contributed by atoms with Gasteiger partial charge in [-0.25, -0.2) is 4.79 Å². The van der Waals surface area contributed by atoms with Crippen molar-refractivity contribution in [2.24, 2.45) is 0 Å². The Balaban J connectivity index is 1.70. The molecule has 3 rings (SSSR count). The van der Waals surface area contributed by atoms with Gasteiger partial charge in [-0.2, -0.15) is 0 Å². The Bertz CT molecular complexity index is 1100. The molecule has 30 heavy (non-hydrogen) atoms. The highest BCUT2D eigenvalue weighted by Gasteiger charge is 2.13. The number of aromatic carboxylic acids is 1. The molecule has 0 heterocycles. The van der Waals surface area contributed by atoms with Crippen molar-refractivity contribution < 1.29 is 24.2 Å². The molecular formula is C21H14Cl3NO5.